The van der Waals surface area contributed by atoms with Crippen LogP contribution in [0.25, 0.3) is 22.5 Å². The third-order valence-electron chi connectivity index (χ3n) is 9.78. The molecule has 22 nitrogen and oxygen atoms in total. The van der Waals surface area contributed by atoms with Gasteiger partial charge in [-0.15, -0.1) is 30.4 Å². The number of nitrogens with one attached hydrogen (secondary N) is 1. The number of fused-ring (bicyclic) bond motifs is 1. The summed E-state index contributed by atoms with van der Waals surface area (Å²) >= 11 is 6.55. The van der Waals surface area contributed by atoms with Crippen LogP contribution < -0.4 is 0 Å². The molecule has 0 saturated carbocycles. The van der Waals surface area contributed by atoms with E-state index in [4.69, 9.17) is 40.0 Å². The first kappa shape index (κ1) is 43.6. The summed E-state index contributed by atoms with van der Waals surface area (Å²) in [6, 6.07) is 15.5. The standard InChI is InChI=1S/C37H43ClN8O14/c1-4-5-12-30-39-34(38)31(44(30)18-23-13-15-24(16-14-23)25-9-6-7-10-26(25)35-40-42-43-41-35)36(47)56-22(3)57-37(48)58-29-20-55-32-28(19-54-33(29)32)53-17-8-11-27(60-46(51)52)21(2)59-45(49)50/h6-7,9-10,13-16,21-22,27-29,32-33H,4-5,8,11-12,17-20H2,1-3H3,(H,40,41,42,43)/t21?,22?,27?,28-,29-,32?,33?/m0/s1. The average molecular weight is 859 g/mol. The van der Waals surface area contributed by atoms with Crippen molar-refractivity contribution in [2.45, 2.75) is 102 Å². The molecule has 4 heterocycles. The summed E-state index contributed by atoms with van der Waals surface area (Å²) in [5.41, 5.74) is 3.49. The fourth-order valence-electron chi connectivity index (χ4n) is 6.93. The number of unbranched alkanes of at least 4 members (excludes halogenated alkanes) is 1. The van der Waals surface area contributed by atoms with E-state index in [9.17, 15) is 29.8 Å². The molecule has 322 valence electrons. The zero-order valence-corrected chi connectivity index (χ0v) is 33.5. The first-order chi connectivity index (χ1) is 28.9. The van der Waals surface area contributed by atoms with Crippen LogP contribution in [0.1, 0.15) is 68.3 Å². The summed E-state index contributed by atoms with van der Waals surface area (Å²) in [5, 5.41) is 33.7. The highest BCUT2D eigenvalue weighted by Crippen LogP contribution is 2.32. The lowest BCUT2D eigenvalue weighted by molar-refractivity contribution is -0.798. The minimum atomic E-state index is -1.39. The van der Waals surface area contributed by atoms with Crippen molar-refractivity contribution in [2.75, 3.05) is 19.8 Å². The molecule has 4 aromatic rings. The van der Waals surface area contributed by atoms with Crippen LogP contribution in [-0.2, 0) is 51.1 Å². The zero-order chi connectivity index (χ0) is 42.8. The van der Waals surface area contributed by atoms with Crippen LogP contribution in [0.2, 0.25) is 5.15 Å². The number of tetrazole rings is 1. The predicted octanol–water partition coefficient (Wildman–Crippen LogP) is 4.94. The molecule has 1 N–H and O–H groups in total. The van der Waals surface area contributed by atoms with Crippen LogP contribution >= 0.6 is 11.6 Å². The number of carbonyl (C=O) groups excluding carboxylic acids is 2. The summed E-state index contributed by atoms with van der Waals surface area (Å²) in [5.74, 6) is 0.197. The number of benzene rings is 2. The first-order valence-electron chi connectivity index (χ1n) is 19.1. The van der Waals surface area contributed by atoms with Gasteiger partial charge in [0.2, 0.25) is 12.1 Å². The van der Waals surface area contributed by atoms with Crippen LogP contribution in [0.5, 0.6) is 0 Å². The number of aromatic amines is 1. The van der Waals surface area contributed by atoms with Gasteiger partial charge < -0.3 is 42.7 Å². The van der Waals surface area contributed by atoms with Gasteiger partial charge in [-0.05, 0) is 48.1 Å². The molecule has 0 bridgehead atoms. The highest BCUT2D eigenvalue weighted by molar-refractivity contribution is 6.32. The van der Waals surface area contributed by atoms with Crippen molar-refractivity contribution in [1.82, 2.24) is 30.2 Å². The average Bonchev–Trinajstić information content (AvgIpc) is 4.02. The third kappa shape index (κ3) is 11.0. The van der Waals surface area contributed by atoms with Crippen molar-refractivity contribution < 1.29 is 57.9 Å². The Morgan fingerprint density at radius 3 is 2.35 bits per heavy atom. The fourth-order valence-corrected chi connectivity index (χ4v) is 7.21. The summed E-state index contributed by atoms with van der Waals surface area (Å²) < 4.78 is 35.4. The molecule has 0 aliphatic carbocycles. The lowest BCUT2D eigenvalue weighted by atomic mass is 9.98. The van der Waals surface area contributed by atoms with Crippen LogP contribution in [0, 0.1) is 20.2 Å². The number of rotatable bonds is 21. The monoisotopic (exact) mass is 858 g/mol. The van der Waals surface area contributed by atoms with Gasteiger partial charge in [0.05, 0.1) is 13.2 Å². The Morgan fingerprint density at radius 2 is 1.67 bits per heavy atom. The highest BCUT2D eigenvalue weighted by Gasteiger charge is 2.50. The molecular weight excluding hydrogens is 816 g/mol. The Bertz CT molecular complexity index is 2090. The number of carbonyl (C=O) groups is 2. The van der Waals surface area contributed by atoms with E-state index in [0.717, 1.165) is 35.1 Å². The lowest BCUT2D eigenvalue weighted by Gasteiger charge is -2.21. The number of hydrogen-bond donors (Lipinski definition) is 1. The largest absolute Gasteiger partial charge is 0.511 e. The number of halogens is 1. The highest BCUT2D eigenvalue weighted by atomic mass is 35.5. The fraction of sp³-hybridized carbons (Fsp3) is 0.514. The van der Waals surface area contributed by atoms with Crippen LogP contribution in [0.4, 0.5) is 4.79 Å². The van der Waals surface area contributed by atoms with Crippen molar-refractivity contribution in [3.63, 3.8) is 0 Å². The molecule has 5 unspecified atom stereocenters. The van der Waals surface area contributed by atoms with Gasteiger partial charge in [-0.3, -0.25) is 0 Å². The van der Waals surface area contributed by atoms with Gasteiger partial charge in [-0.1, -0.05) is 73.5 Å². The second kappa shape index (κ2) is 20.3. The Balaban J connectivity index is 1.01. The molecule has 6 rings (SSSR count). The van der Waals surface area contributed by atoms with E-state index < -0.39 is 65.2 Å². The Labute approximate surface area is 346 Å². The molecule has 0 radical (unpaired) electrons. The molecule has 2 aromatic heterocycles. The van der Waals surface area contributed by atoms with Gasteiger partial charge in [0.15, 0.2) is 17.0 Å². The number of aryl methyl sites for hydroxylation is 1. The summed E-state index contributed by atoms with van der Waals surface area (Å²) in [4.78, 5) is 61.3. The molecule has 0 spiro atoms. The Morgan fingerprint density at radius 1 is 0.967 bits per heavy atom. The van der Waals surface area contributed by atoms with Crippen LogP contribution in [-0.4, -0.2) is 115 Å². The number of H-pyrrole nitrogens is 1. The minimum absolute atomic E-state index is 0.00390. The van der Waals surface area contributed by atoms with Crippen molar-refractivity contribution in [3.8, 4) is 22.5 Å². The number of ether oxygens (including phenoxy) is 6. The number of hydrogen-bond acceptors (Lipinski definition) is 18. The molecule has 2 fully saturated rings. The molecule has 60 heavy (non-hydrogen) atoms. The second-order valence-electron chi connectivity index (χ2n) is 13.9. The summed E-state index contributed by atoms with van der Waals surface area (Å²) in [6.45, 7) is 5.08. The number of aromatic nitrogens is 6. The summed E-state index contributed by atoms with van der Waals surface area (Å²) in [7, 11) is 0. The number of esters is 1. The van der Waals surface area contributed by atoms with Gasteiger partial charge in [0.25, 0.3) is 10.2 Å². The smallest absolute Gasteiger partial charge is 0.426 e. The molecule has 2 aliphatic rings. The van der Waals surface area contributed by atoms with Crippen molar-refractivity contribution in [2.24, 2.45) is 0 Å². The van der Waals surface area contributed by atoms with E-state index in [-0.39, 0.29) is 50.1 Å². The van der Waals surface area contributed by atoms with E-state index >= 15 is 0 Å². The second-order valence-corrected chi connectivity index (χ2v) is 14.2. The first-order valence-corrected chi connectivity index (χ1v) is 19.5. The molecule has 2 aromatic carbocycles. The maximum absolute atomic E-state index is 13.6. The molecule has 7 atom stereocenters. The maximum Gasteiger partial charge on any atom is 0.511 e. The van der Waals surface area contributed by atoms with E-state index in [2.05, 4.69) is 35.3 Å². The van der Waals surface area contributed by atoms with Crippen molar-refractivity contribution in [1.29, 1.82) is 0 Å². The topological polar surface area (TPSA) is 267 Å². The quantitative estimate of drug-likeness (QED) is 0.0382. The van der Waals surface area contributed by atoms with Crippen molar-refractivity contribution in [3.05, 3.63) is 91.0 Å². The van der Waals surface area contributed by atoms with E-state index in [1.165, 1.54) is 13.8 Å². The Kier molecular flexibility index (Phi) is 14.8. The van der Waals surface area contributed by atoms with Gasteiger partial charge in [-0.2, -0.15) is 5.21 Å². The van der Waals surface area contributed by atoms with Gasteiger partial charge in [0.1, 0.15) is 36.3 Å². The van der Waals surface area contributed by atoms with Gasteiger partial charge in [-0.25, -0.2) is 14.6 Å². The normalized spacial score (nSPS) is 19.8. The SMILES string of the molecule is CCCCc1nc(Cl)c(C(=O)OC(C)OC(=O)O[C@H]2COC3C2OC[C@@H]3OCCCC(O[N+](=O)[O-])C(C)O[N+](=O)[O-])n1Cc1ccc(-c2ccccc2-c2nn[nH]n2)cc1. The number of nitrogens with zero attached hydrogens (tertiary/aromatic N) is 7. The molecule has 23 heteroatoms. The van der Waals surface area contributed by atoms with E-state index in [0.29, 0.717) is 18.1 Å². The number of imidazole rings is 1. The molecule has 0 amide bonds. The maximum atomic E-state index is 13.6. The van der Waals surface area contributed by atoms with Gasteiger partial charge in [0, 0.05) is 32.1 Å². The van der Waals surface area contributed by atoms with Crippen LogP contribution in [0.15, 0.2) is 48.5 Å². The zero-order valence-electron chi connectivity index (χ0n) is 32.7. The molecular formula is C37H43ClN8O14. The van der Waals surface area contributed by atoms with Crippen molar-refractivity contribution >= 4 is 23.7 Å². The molecule has 2 saturated heterocycles. The summed E-state index contributed by atoms with van der Waals surface area (Å²) in [6.07, 6.45) is -5.12. The van der Waals surface area contributed by atoms with E-state index in [1.807, 2.05) is 55.5 Å². The molecule has 2 aliphatic heterocycles. The third-order valence-corrected chi connectivity index (χ3v) is 10.0. The van der Waals surface area contributed by atoms with E-state index in [1.54, 1.807) is 4.57 Å². The predicted molar refractivity (Wildman–Crippen MR) is 204 cm³/mol. The lowest BCUT2D eigenvalue weighted by Crippen LogP contribution is -2.36. The Hall–Kier alpha value is -5.97. The minimum Gasteiger partial charge on any atom is -0.426 e. The van der Waals surface area contributed by atoms with Gasteiger partial charge >= 0.3 is 12.1 Å². The van der Waals surface area contributed by atoms with Crippen LogP contribution in [0.3, 0.4) is 0 Å².